The van der Waals surface area contributed by atoms with Gasteiger partial charge >= 0.3 is 0 Å². The van der Waals surface area contributed by atoms with Crippen molar-refractivity contribution in [3.05, 3.63) is 35.6 Å². The molecule has 1 N–H and O–H groups in total. The Morgan fingerprint density at radius 2 is 2.22 bits per heavy atom. The van der Waals surface area contributed by atoms with E-state index in [0.29, 0.717) is 31.8 Å². The van der Waals surface area contributed by atoms with Gasteiger partial charge < -0.3 is 14.8 Å². The first-order chi connectivity index (χ1) is 11.3. The molecule has 126 valence electrons. The van der Waals surface area contributed by atoms with Gasteiger partial charge in [-0.1, -0.05) is 18.2 Å². The van der Waals surface area contributed by atoms with Crippen LogP contribution in [0.2, 0.25) is 0 Å². The summed E-state index contributed by atoms with van der Waals surface area (Å²) < 4.78 is 25.4. The van der Waals surface area contributed by atoms with Crippen molar-refractivity contribution in [1.29, 1.82) is 0 Å². The maximum atomic E-state index is 14.1. The topological polar surface area (TPSA) is 50.8 Å². The second-order valence-corrected chi connectivity index (χ2v) is 5.92. The van der Waals surface area contributed by atoms with E-state index in [-0.39, 0.29) is 18.0 Å². The number of piperazine rings is 1. The van der Waals surface area contributed by atoms with Crippen LogP contribution in [-0.4, -0.2) is 49.9 Å². The molecule has 5 nitrogen and oxygen atoms in total. The van der Waals surface area contributed by atoms with Crippen LogP contribution in [0.25, 0.3) is 0 Å². The number of nitrogens with one attached hydrogen (secondary N) is 1. The molecule has 0 saturated carbocycles. The number of hydrogen-bond donors (Lipinski definition) is 1. The van der Waals surface area contributed by atoms with Crippen molar-refractivity contribution in [1.82, 2.24) is 10.2 Å². The summed E-state index contributed by atoms with van der Waals surface area (Å²) in [6, 6.07) is 5.85. The summed E-state index contributed by atoms with van der Waals surface area (Å²) in [7, 11) is 0. The number of rotatable bonds is 5. The molecule has 1 amide bonds. The molecule has 2 atom stereocenters. The molecular weight excluding hydrogens is 299 g/mol. The van der Waals surface area contributed by atoms with Gasteiger partial charge in [-0.3, -0.25) is 9.69 Å². The number of ether oxygens (including phenoxy) is 2. The van der Waals surface area contributed by atoms with Crippen molar-refractivity contribution in [2.24, 2.45) is 0 Å². The second-order valence-electron chi connectivity index (χ2n) is 5.92. The largest absolute Gasteiger partial charge is 0.353 e. The fraction of sp³-hybridized carbons (Fsp3) is 0.588. The number of carbonyl (C=O) groups excluding carboxylic acids is 1. The molecule has 0 radical (unpaired) electrons. The molecule has 0 spiro atoms. The molecule has 2 aliphatic rings. The monoisotopic (exact) mass is 322 g/mol. The molecule has 3 rings (SSSR count). The first-order valence-corrected chi connectivity index (χ1v) is 8.25. The second kappa shape index (κ2) is 7.86. The van der Waals surface area contributed by atoms with Crippen molar-refractivity contribution in [3.8, 4) is 0 Å². The predicted molar refractivity (Wildman–Crippen MR) is 83.3 cm³/mol. The molecule has 0 aliphatic carbocycles. The number of benzene rings is 1. The number of nitrogens with zero attached hydrogens (tertiary/aromatic N) is 1. The van der Waals surface area contributed by atoms with Crippen LogP contribution in [0.1, 0.15) is 30.9 Å². The Morgan fingerprint density at radius 3 is 3.00 bits per heavy atom. The van der Waals surface area contributed by atoms with E-state index in [9.17, 15) is 9.18 Å². The summed E-state index contributed by atoms with van der Waals surface area (Å²) in [6.45, 7) is 3.05. The lowest BCUT2D eigenvalue weighted by atomic mass is 10.0. The molecule has 2 aliphatic heterocycles. The van der Waals surface area contributed by atoms with Crippen LogP contribution in [0, 0.1) is 5.82 Å². The fourth-order valence-electron chi connectivity index (χ4n) is 3.13. The van der Waals surface area contributed by atoms with Crippen LogP contribution in [0.5, 0.6) is 0 Å². The lowest BCUT2D eigenvalue weighted by Gasteiger charge is -2.35. The SMILES string of the molecule is O=C1NCCN(CCOC2CCCCO2)C1c1ccccc1F. The standard InChI is InChI=1S/C17H23FN2O3/c18-14-6-2-1-5-13(14)16-17(21)19-8-9-20(16)10-12-23-15-7-3-4-11-22-15/h1-2,5-6,15-16H,3-4,7-12H2,(H,19,21). The van der Waals surface area contributed by atoms with E-state index >= 15 is 0 Å². The van der Waals surface area contributed by atoms with Gasteiger partial charge in [-0.05, 0) is 25.3 Å². The van der Waals surface area contributed by atoms with Crippen LogP contribution in [0.3, 0.4) is 0 Å². The maximum absolute atomic E-state index is 14.1. The third-order valence-corrected chi connectivity index (χ3v) is 4.33. The third-order valence-electron chi connectivity index (χ3n) is 4.33. The van der Waals surface area contributed by atoms with Gasteiger partial charge in [-0.25, -0.2) is 4.39 Å². The molecule has 2 saturated heterocycles. The molecule has 0 aromatic heterocycles. The van der Waals surface area contributed by atoms with E-state index in [1.165, 1.54) is 6.07 Å². The van der Waals surface area contributed by atoms with Crippen LogP contribution in [0.4, 0.5) is 4.39 Å². The van der Waals surface area contributed by atoms with Crippen molar-refractivity contribution >= 4 is 5.91 Å². The van der Waals surface area contributed by atoms with Gasteiger partial charge in [0.25, 0.3) is 0 Å². The zero-order valence-electron chi connectivity index (χ0n) is 13.2. The highest BCUT2D eigenvalue weighted by atomic mass is 19.1. The lowest BCUT2D eigenvalue weighted by Crippen LogP contribution is -2.51. The Kier molecular flexibility index (Phi) is 5.59. The summed E-state index contributed by atoms with van der Waals surface area (Å²) in [5, 5.41) is 2.81. The van der Waals surface area contributed by atoms with E-state index in [2.05, 4.69) is 5.32 Å². The Hall–Kier alpha value is -1.50. The number of amides is 1. The first-order valence-electron chi connectivity index (χ1n) is 8.25. The van der Waals surface area contributed by atoms with E-state index < -0.39 is 6.04 Å². The minimum absolute atomic E-state index is 0.144. The smallest absolute Gasteiger partial charge is 0.242 e. The Bertz CT molecular complexity index is 534. The number of halogens is 1. The molecule has 6 heteroatoms. The van der Waals surface area contributed by atoms with E-state index in [0.717, 1.165) is 25.9 Å². The van der Waals surface area contributed by atoms with E-state index in [1.54, 1.807) is 18.2 Å². The zero-order valence-corrected chi connectivity index (χ0v) is 13.2. The first kappa shape index (κ1) is 16.4. The maximum Gasteiger partial charge on any atom is 0.242 e. The lowest BCUT2D eigenvalue weighted by molar-refractivity contribution is -0.165. The zero-order chi connectivity index (χ0) is 16.1. The summed E-state index contributed by atoms with van der Waals surface area (Å²) >= 11 is 0. The minimum atomic E-state index is -0.596. The summed E-state index contributed by atoms with van der Waals surface area (Å²) in [6.07, 6.45) is 2.97. The van der Waals surface area contributed by atoms with Crippen LogP contribution >= 0.6 is 0 Å². The highest BCUT2D eigenvalue weighted by molar-refractivity contribution is 5.84. The number of hydrogen-bond acceptors (Lipinski definition) is 4. The Morgan fingerprint density at radius 1 is 1.35 bits per heavy atom. The molecule has 23 heavy (non-hydrogen) atoms. The molecule has 0 bridgehead atoms. The molecule has 2 unspecified atom stereocenters. The molecule has 2 fully saturated rings. The van der Waals surface area contributed by atoms with Crippen molar-refractivity contribution in [2.45, 2.75) is 31.6 Å². The molecule has 1 aromatic carbocycles. The van der Waals surface area contributed by atoms with Crippen molar-refractivity contribution in [2.75, 3.05) is 32.8 Å². The van der Waals surface area contributed by atoms with E-state index in [4.69, 9.17) is 9.47 Å². The third kappa shape index (κ3) is 4.07. The summed E-state index contributed by atoms with van der Waals surface area (Å²) in [5.41, 5.74) is 0.415. The highest BCUT2D eigenvalue weighted by Gasteiger charge is 2.32. The number of carbonyl (C=O) groups is 1. The molecular formula is C17H23FN2O3. The van der Waals surface area contributed by atoms with Gasteiger partial charge in [-0.2, -0.15) is 0 Å². The van der Waals surface area contributed by atoms with Gasteiger partial charge in [-0.15, -0.1) is 0 Å². The summed E-state index contributed by atoms with van der Waals surface area (Å²) in [5.74, 6) is -0.508. The van der Waals surface area contributed by atoms with E-state index in [1.807, 2.05) is 4.90 Å². The van der Waals surface area contributed by atoms with Gasteiger partial charge in [0.05, 0.1) is 6.61 Å². The quantitative estimate of drug-likeness (QED) is 0.899. The van der Waals surface area contributed by atoms with Gasteiger partial charge in [0.1, 0.15) is 11.9 Å². The van der Waals surface area contributed by atoms with Gasteiger partial charge in [0.15, 0.2) is 6.29 Å². The van der Waals surface area contributed by atoms with Gasteiger partial charge in [0.2, 0.25) is 5.91 Å². The minimum Gasteiger partial charge on any atom is -0.353 e. The van der Waals surface area contributed by atoms with Crippen molar-refractivity contribution < 1.29 is 18.7 Å². The van der Waals surface area contributed by atoms with Crippen LogP contribution in [-0.2, 0) is 14.3 Å². The highest BCUT2D eigenvalue weighted by Crippen LogP contribution is 2.25. The van der Waals surface area contributed by atoms with Crippen molar-refractivity contribution in [3.63, 3.8) is 0 Å². The Labute approximate surface area is 135 Å². The average molecular weight is 322 g/mol. The van der Waals surface area contributed by atoms with Crippen LogP contribution in [0.15, 0.2) is 24.3 Å². The molecule has 1 aromatic rings. The van der Waals surface area contributed by atoms with Crippen LogP contribution < -0.4 is 5.32 Å². The van der Waals surface area contributed by atoms with Gasteiger partial charge in [0, 0.05) is 31.8 Å². The predicted octanol–water partition coefficient (Wildman–Crippen LogP) is 1.84. The Balaban J connectivity index is 1.61. The fourth-order valence-corrected chi connectivity index (χ4v) is 3.13. The molecule has 2 heterocycles. The average Bonchev–Trinajstić information content (AvgIpc) is 2.57. The normalized spacial score (nSPS) is 26.0. The summed E-state index contributed by atoms with van der Waals surface area (Å²) in [4.78, 5) is 14.2.